The monoisotopic (exact) mass is 366 g/mol. The fourth-order valence-corrected chi connectivity index (χ4v) is 4.04. The van der Waals surface area contributed by atoms with Crippen LogP contribution in [0.5, 0.6) is 0 Å². The maximum Gasteiger partial charge on any atom is 0.247 e. The average molecular weight is 367 g/mol. The van der Waals surface area contributed by atoms with E-state index in [1.54, 1.807) is 24.3 Å². The summed E-state index contributed by atoms with van der Waals surface area (Å²) in [6.45, 7) is 0. The SMILES string of the molecule is Nc1ccccc1S[C@@H]1CC(=O)N(c2c(Cl)cccc2Cl)C1=O. The highest BCUT2D eigenvalue weighted by Gasteiger charge is 2.41. The van der Waals surface area contributed by atoms with Crippen molar-refractivity contribution in [3.63, 3.8) is 0 Å². The van der Waals surface area contributed by atoms with Crippen molar-refractivity contribution < 1.29 is 9.59 Å². The van der Waals surface area contributed by atoms with E-state index in [1.165, 1.54) is 11.8 Å². The summed E-state index contributed by atoms with van der Waals surface area (Å²) in [6, 6.07) is 12.1. The normalized spacial score (nSPS) is 17.8. The molecule has 1 atom stereocenters. The van der Waals surface area contributed by atoms with Crippen molar-refractivity contribution >= 4 is 58.2 Å². The Labute approximate surface area is 147 Å². The Balaban J connectivity index is 1.90. The Morgan fingerprint density at radius 2 is 1.70 bits per heavy atom. The van der Waals surface area contributed by atoms with Crippen LogP contribution >= 0.6 is 35.0 Å². The summed E-state index contributed by atoms with van der Waals surface area (Å²) in [7, 11) is 0. The van der Waals surface area contributed by atoms with Crippen LogP contribution in [0.4, 0.5) is 11.4 Å². The molecule has 23 heavy (non-hydrogen) atoms. The summed E-state index contributed by atoms with van der Waals surface area (Å²) in [4.78, 5) is 26.8. The van der Waals surface area contributed by atoms with Gasteiger partial charge in [-0.25, -0.2) is 4.90 Å². The van der Waals surface area contributed by atoms with Gasteiger partial charge < -0.3 is 5.73 Å². The third-order valence-electron chi connectivity index (χ3n) is 3.45. The van der Waals surface area contributed by atoms with Crippen LogP contribution in [0.15, 0.2) is 47.4 Å². The molecule has 4 nitrogen and oxygen atoms in total. The molecule has 0 unspecified atom stereocenters. The molecule has 0 aromatic heterocycles. The molecule has 1 saturated heterocycles. The molecule has 1 fully saturated rings. The highest BCUT2D eigenvalue weighted by molar-refractivity contribution is 8.00. The molecule has 0 bridgehead atoms. The Morgan fingerprint density at radius 1 is 1.04 bits per heavy atom. The first-order valence-electron chi connectivity index (χ1n) is 6.81. The number of nitrogen functional groups attached to an aromatic ring is 1. The molecule has 2 N–H and O–H groups in total. The van der Waals surface area contributed by atoms with Crippen LogP contribution in [0.3, 0.4) is 0 Å². The standard InChI is InChI=1S/C16H12Cl2N2O2S/c17-9-4-3-5-10(18)15(9)20-14(21)8-13(16(20)22)23-12-7-2-1-6-11(12)19/h1-7,13H,8,19H2/t13-/m1/s1. The fraction of sp³-hybridized carbons (Fsp3) is 0.125. The lowest BCUT2D eigenvalue weighted by molar-refractivity contribution is -0.121. The second kappa shape index (κ2) is 6.43. The first-order valence-corrected chi connectivity index (χ1v) is 8.44. The highest BCUT2D eigenvalue weighted by Crippen LogP contribution is 2.40. The smallest absolute Gasteiger partial charge is 0.247 e. The molecule has 1 aliphatic rings. The topological polar surface area (TPSA) is 63.4 Å². The van der Waals surface area contributed by atoms with Crippen LogP contribution in [0.2, 0.25) is 10.0 Å². The van der Waals surface area contributed by atoms with Crippen molar-refractivity contribution in [2.24, 2.45) is 0 Å². The van der Waals surface area contributed by atoms with Gasteiger partial charge in [-0.3, -0.25) is 9.59 Å². The summed E-state index contributed by atoms with van der Waals surface area (Å²) in [5.41, 5.74) is 6.72. The van der Waals surface area contributed by atoms with Crippen LogP contribution in [0.1, 0.15) is 6.42 Å². The van der Waals surface area contributed by atoms with Gasteiger partial charge in [0.05, 0.1) is 21.0 Å². The minimum Gasteiger partial charge on any atom is -0.398 e. The van der Waals surface area contributed by atoms with E-state index < -0.39 is 5.25 Å². The maximum absolute atomic E-state index is 12.7. The number of carbonyl (C=O) groups is 2. The molecule has 7 heteroatoms. The quantitative estimate of drug-likeness (QED) is 0.658. The molecule has 1 heterocycles. The van der Waals surface area contributed by atoms with Gasteiger partial charge >= 0.3 is 0 Å². The summed E-state index contributed by atoms with van der Waals surface area (Å²) in [5.74, 6) is -0.657. The molecule has 3 rings (SSSR count). The maximum atomic E-state index is 12.7. The number of imide groups is 1. The first kappa shape index (κ1) is 16.2. The van der Waals surface area contributed by atoms with Gasteiger partial charge in [-0.1, -0.05) is 41.4 Å². The van der Waals surface area contributed by atoms with Gasteiger partial charge in [0.2, 0.25) is 11.8 Å². The van der Waals surface area contributed by atoms with Crippen molar-refractivity contribution in [3.8, 4) is 0 Å². The van der Waals surface area contributed by atoms with Gasteiger partial charge in [0, 0.05) is 17.0 Å². The van der Waals surface area contributed by atoms with E-state index in [-0.39, 0.29) is 34.0 Å². The zero-order valence-electron chi connectivity index (χ0n) is 11.8. The van der Waals surface area contributed by atoms with Gasteiger partial charge in [0.15, 0.2) is 0 Å². The number of hydrogen-bond donors (Lipinski definition) is 1. The molecule has 2 amide bonds. The first-order chi connectivity index (χ1) is 11.0. The van der Waals surface area contributed by atoms with Gasteiger partial charge in [-0.2, -0.15) is 0 Å². The lowest BCUT2D eigenvalue weighted by atomic mass is 10.3. The van der Waals surface area contributed by atoms with Crippen molar-refractivity contribution in [1.82, 2.24) is 0 Å². The minimum atomic E-state index is -0.542. The molecule has 0 aliphatic carbocycles. The number of nitrogens with two attached hydrogens (primary N) is 1. The molecule has 118 valence electrons. The lowest BCUT2D eigenvalue weighted by Gasteiger charge is -2.18. The van der Waals surface area contributed by atoms with E-state index in [1.807, 2.05) is 18.2 Å². The third kappa shape index (κ3) is 3.04. The molecule has 0 radical (unpaired) electrons. The second-order valence-corrected chi connectivity index (χ2v) is 7.05. The number of benzene rings is 2. The molecular formula is C16H12Cl2N2O2S. The van der Waals surface area contributed by atoms with Crippen molar-refractivity contribution in [2.45, 2.75) is 16.6 Å². The van der Waals surface area contributed by atoms with Crippen LogP contribution in [0, 0.1) is 0 Å². The predicted molar refractivity (Wildman–Crippen MR) is 94.1 cm³/mol. The fourth-order valence-electron chi connectivity index (χ4n) is 2.37. The number of carbonyl (C=O) groups excluding carboxylic acids is 2. The number of thioether (sulfide) groups is 1. The number of para-hydroxylation sites is 2. The van der Waals surface area contributed by atoms with E-state index in [4.69, 9.17) is 28.9 Å². The largest absolute Gasteiger partial charge is 0.398 e. The van der Waals surface area contributed by atoms with E-state index in [2.05, 4.69) is 0 Å². The number of anilines is 2. The number of nitrogens with zero attached hydrogens (tertiary/aromatic N) is 1. The van der Waals surface area contributed by atoms with Crippen molar-refractivity contribution in [3.05, 3.63) is 52.5 Å². The third-order valence-corrected chi connectivity index (χ3v) is 5.34. The Morgan fingerprint density at radius 3 is 2.35 bits per heavy atom. The number of rotatable bonds is 3. The zero-order valence-corrected chi connectivity index (χ0v) is 14.2. The van der Waals surface area contributed by atoms with Crippen LogP contribution < -0.4 is 10.6 Å². The van der Waals surface area contributed by atoms with Gasteiger partial charge in [0.25, 0.3) is 0 Å². The van der Waals surface area contributed by atoms with E-state index >= 15 is 0 Å². The second-order valence-electron chi connectivity index (χ2n) is 4.99. The average Bonchev–Trinajstić information content (AvgIpc) is 2.77. The van der Waals surface area contributed by atoms with Crippen LogP contribution in [-0.4, -0.2) is 17.1 Å². The number of halogens is 2. The Kier molecular flexibility index (Phi) is 4.53. The molecule has 2 aromatic carbocycles. The van der Waals surface area contributed by atoms with Gasteiger partial charge in [-0.15, -0.1) is 11.8 Å². The van der Waals surface area contributed by atoms with E-state index in [9.17, 15) is 9.59 Å². The number of hydrogen-bond acceptors (Lipinski definition) is 4. The van der Waals surface area contributed by atoms with Gasteiger partial charge in [0.1, 0.15) is 0 Å². The lowest BCUT2D eigenvalue weighted by Crippen LogP contribution is -2.31. The van der Waals surface area contributed by atoms with Crippen LogP contribution in [-0.2, 0) is 9.59 Å². The summed E-state index contributed by atoms with van der Waals surface area (Å²) < 4.78 is 0. The predicted octanol–water partition coefficient (Wildman–Crippen LogP) is 4.00. The summed E-state index contributed by atoms with van der Waals surface area (Å²) >= 11 is 13.5. The summed E-state index contributed by atoms with van der Waals surface area (Å²) in [5, 5.41) is -0.00677. The van der Waals surface area contributed by atoms with Crippen molar-refractivity contribution in [1.29, 1.82) is 0 Å². The molecule has 2 aromatic rings. The molecule has 1 aliphatic heterocycles. The van der Waals surface area contributed by atoms with Crippen LogP contribution in [0.25, 0.3) is 0 Å². The van der Waals surface area contributed by atoms with E-state index in [0.717, 1.165) is 9.80 Å². The number of amides is 2. The minimum absolute atomic E-state index is 0.0827. The zero-order chi connectivity index (χ0) is 16.6. The molecule has 0 saturated carbocycles. The van der Waals surface area contributed by atoms with Crippen molar-refractivity contribution in [2.75, 3.05) is 10.6 Å². The van der Waals surface area contributed by atoms with Gasteiger partial charge in [-0.05, 0) is 24.3 Å². The Bertz CT molecular complexity index is 777. The Hall–Kier alpha value is -1.69. The van der Waals surface area contributed by atoms with E-state index in [0.29, 0.717) is 5.69 Å². The summed E-state index contributed by atoms with van der Waals surface area (Å²) in [6.07, 6.45) is 0.0827. The molecule has 0 spiro atoms. The molecular weight excluding hydrogens is 355 g/mol. The highest BCUT2D eigenvalue weighted by atomic mass is 35.5.